The summed E-state index contributed by atoms with van der Waals surface area (Å²) in [5.41, 5.74) is 0.596. The molecule has 0 aliphatic carbocycles. The Morgan fingerprint density at radius 1 is 1.04 bits per heavy atom. The molecule has 0 heterocycles. The average molecular weight is 333 g/mol. The molecule has 4 nitrogen and oxygen atoms in total. The number of benzene rings is 1. The van der Waals surface area contributed by atoms with Crippen LogP contribution >= 0.6 is 0 Å². The van der Waals surface area contributed by atoms with E-state index < -0.39 is 0 Å². The standard InChI is InChI=1S/C20H31NO3/c1-4-5-6-7-9-12-17(3)24-19(22)15-16(2)21-20(23)18-13-10-8-11-14-18/h8,10-11,13-14,16-17H,4-7,9,12,15H2,1-3H3,(H,21,23). The van der Waals surface area contributed by atoms with Gasteiger partial charge in [-0.1, -0.05) is 50.8 Å². The van der Waals surface area contributed by atoms with Crippen LogP contribution in [0.5, 0.6) is 0 Å². The molecule has 134 valence electrons. The van der Waals surface area contributed by atoms with Crippen molar-refractivity contribution in [3.05, 3.63) is 35.9 Å². The number of carbonyl (C=O) groups excluding carboxylic acids is 2. The van der Waals surface area contributed by atoms with E-state index in [1.165, 1.54) is 25.7 Å². The van der Waals surface area contributed by atoms with Crippen molar-refractivity contribution < 1.29 is 14.3 Å². The van der Waals surface area contributed by atoms with Crippen molar-refractivity contribution in [2.75, 3.05) is 0 Å². The number of nitrogens with one attached hydrogen (secondary N) is 1. The van der Waals surface area contributed by atoms with E-state index in [0.29, 0.717) is 5.56 Å². The third-order valence-corrected chi connectivity index (χ3v) is 3.93. The van der Waals surface area contributed by atoms with E-state index in [2.05, 4.69) is 12.2 Å². The number of hydrogen-bond donors (Lipinski definition) is 1. The fourth-order valence-electron chi connectivity index (χ4n) is 2.56. The fourth-order valence-corrected chi connectivity index (χ4v) is 2.56. The van der Waals surface area contributed by atoms with Gasteiger partial charge in [-0.2, -0.15) is 0 Å². The number of carbonyl (C=O) groups is 2. The first kappa shape index (κ1) is 20.2. The Hall–Kier alpha value is -1.84. The molecule has 1 N–H and O–H groups in total. The predicted molar refractivity (Wildman–Crippen MR) is 96.9 cm³/mol. The summed E-state index contributed by atoms with van der Waals surface area (Å²) < 4.78 is 5.42. The summed E-state index contributed by atoms with van der Waals surface area (Å²) in [6.07, 6.45) is 7.08. The predicted octanol–water partition coefficient (Wildman–Crippen LogP) is 4.49. The monoisotopic (exact) mass is 333 g/mol. The van der Waals surface area contributed by atoms with Gasteiger partial charge in [0.25, 0.3) is 5.91 Å². The minimum atomic E-state index is -0.253. The molecular formula is C20H31NO3. The Labute approximate surface area is 146 Å². The quantitative estimate of drug-likeness (QED) is 0.479. The maximum atomic E-state index is 12.0. The van der Waals surface area contributed by atoms with E-state index in [4.69, 9.17) is 4.74 Å². The summed E-state index contributed by atoms with van der Waals surface area (Å²) in [6.45, 7) is 5.95. The van der Waals surface area contributed by atoms with Crippen LogP contribution in [-0.4, -0.2) is 24.0 Å². The zero-order valence-corrected chi connectivity index (χ0v) is 15.2. The molecule has 0 saturated carbocycles. The van der Waals surface area contributed by atoms with Crippen LogP contribution in [0.1, 0.15) is 76.1 Å². The average Bonchev–Trinajstić information content (AvgIpc) is 2.55. The SMILES string of the molecule is CCCCCCCC(C)OC(=O)CC(C)NC(=O)c1ccccc1. The number of ether oxygens (including phenoxy) is 1. The van der Waals surface area contributed by atoms with E-state index >= 15 is 0 Å². The molecule has 24 heavy (non-hydrogen) atoms. The van der Waals surface area contributed by atoms with E-state index in [9.17, 15) is 9.59 Å². The van der Waals surface area contributed by atoms with Crippen molar-refractivity contribution in [2.45, 2.75) is 77.9 Å². The van der Waals surface area contributed by atoms with Gasteiger partial charge in [-0.25, -0.2) is 0 Å². The summed E-state index contributed by atoms with van der Waals surface area (Å²) in [5.74, 6) is -0.420. The van der Waals surface area contributed by atoms with Crippen LogP contribution in [0.25, 0.3) is 0 Å². The molecule has 2 atom stereocenters. The minimum absolute atomic E-state index is 0.0591. The highest BCUT2D eigenvalue weighted by Gasteiger charge is 2.16. The Balaban J connectivity index is 2.22. The number of rotatable bonds is 11. The first-order valence-electron chi connectivity index (χ1n) is 9.08. The molecule has 0 aliphatic heterocycles. The highest BCUT2D eigenvalue weighted by Crippen LogP contribution is 2.10. The molecule has 4 heteroatoms. The molecule has 0 radical (unpaired) electrons. The Morgan fingerprint density at radius 3 is 2.38 bits per heavy atom. The first-order chi connectivity index (χ1) is 11.5. The largest absolute Gasteiger partial charge is 0.463 e. The van der Waals surface area contributed by atoms with Crippen molar-refractivity contribution in [3.63, 3.8) is 0 Å². The lowest BCUT2D eigenvalue weighted by molar-refractivity contribution is -0.148. The number of esters is 1. The van der Waals surface area contributed by atoms with Gasteiger partial charge in [-0.3, -0.25) is 9.59 Å². The topological polar surface area (TPSA) is 55.4 Å². The lowest BCUT2D eigenvalue weighted by atomic mass is 10.1. The summed E-state index contributed by atoms with van der Waals surface area (Å²) >= 11 is 0. The molecule has 1 amide bonds. The van der Waals surface area contributed by atoms with Crippen molar-refractivity contribution in [1.82, 2.24) is 5.32 Å². The van der Waals surface area contributed by atoms with Crippen molar-refractivity contribution in [1.29, 1.82) is 0 Å². The van der Waals surface area contributed by atoms with Gasteiger partial charge in [-0.15, -0.1) is 0 Å². The molecule has 1 aromatic rings. The number of unbranched alkanes of at least 4 members (excludes halogenated alkanes) is 4. The summed E-state index contributed by atoms with van der Waals surface area (Å²) in [6, 6.07) is 8.75. The molecular weight excluding hydrogens is 302 g/mol. The van der Waals surface area contributed by atoms with Gasteiger partial charge in [0.1, 0.15) is 0 Å². The zero-order chi connectivity index (χ0) is 17.8. The lowest BCUT2D eigenvalue weighted by Crippen LogP contribution is -2.35. The molecule has 0 spiro atoms. The second-order valence-electron chi connectivity index (χ2n) is 6.45. The van der Waals surface area contributed by atoms with E-state index in [-0.39, 0.29) is 30.4 Å². The Bertz CT molecular complexity index is 487. The van der Waals surface area contributed by atoms with E-state index in [0.717, 1.165) is 12.8 Å². The molecule has 0 bridgehead atoms. The number of amides is 1. The van der Waals surface area contributed by atoms with Crippen LogP contribution in [0.2, 0.25) is 0 Å². The zero-order valence-electron chi connectivity index (χ0n) is 15.2. The van der Waals surface area contributed by atoms with Gasteiger partial charge in [-0.05, 0) is 38.8 Å². The minimum Gasteiger partial charge on any atom is -0.463 e. The van der Waals surface area contributed by atoms with Crippen molar-refractivity contribution in [2.24, 2.45) is 0 Å². The Kier molecular flexibility index (Phi) is 9.81. The second kappa shape index (κ2) is 11.7. The van der Waals surface area contributed by atoms with Crippen LogP contribution in [-0.2, 0) is 9.53 Å². The van der Waals surface area contributed by atoms with Gasteiger partial charge in [0.15, 0.2) is 0 Å². The summed E-state index contributed by atoms with van der Waals surface area (Å²) in [7, 11) is 0. The highest BCUT2D eigenvalue weighted by atomic mass is 16.5. The second-order valence-corrected chi connectivity index (χ2v) is 6.45. The maximum Gasteiger partial charge on any atom is 0.308 e. The van der Waals surface area contributed by atoms with Crippen LogP contribution in [0, 0.1) is 0 Å². The van der Waals surface area contributed by atoms with Crippen LogP contribution < -0.4 is 5.32 Å². The molecule has 1 rings (SSSR count). The van der Waals surface area contributed by atoms with Crippen LogP contribution in [0.15, 0.2) is 30.3 Å². The molecule has 0 aromatic heterocycles. The van der Waals surface area contributed by atoms with Crippen molar-refractivity contribution >= 4 is 11.9 Å². The van der Waals surface area contributed by atoms with Gasteiger partial charge in [0, 0.05) is 11.6 Å². The molecule has 0 saturated heterocycles. The normalized spacial score (nSPS) is 13.1. The van der Waals surface area contributed by atoms with Crippen LogP contribution in [0.3, 0.4) is 0 Å². The third kappa shape index (κ3) is 8.70. The number of hydrogen-bond acceptors (Lipinski definition) is 3. The summed E-state index contributed by atoms with van der Waals surface area (Å²) in [4.78, 5) is 24.0. The maximum absolute atomic E-state index is 12.0. The molecule has 0 fully saturated rings. The lowest BCUT2D eigenvalue weighted by Gasteiger charge is -2.16. The first-order valence-corrected chi connectivity index (χ1v) is 9.08. The smallest absolute Gasteiger partial charge is 0.308 e. The van der Waals surface area contributed by atoms with Gasteiger partial charge < -0.3 is 10.1 Å². The fraction of sp³-hybridized carbons (Fsp3) is 0.600. The molecule has 0 aliphatic rings. The summed E-state index contributed by atoms with van der Waals surface area (Å²) in [5, 5.41) is 2.83. The van der Waals surface area contributed by atoms with Crippen molar-refractivity contribution in [3.8, 4) is 0 Å². The Morgan fingerprint density at radius 2 is 1.71 bits per heavy atom. The van der Waals surface area contributed by atoms with E-state index in [1.807, 2.05) is 32.0 Å². The molecule has 1 aromatic carbocycles. The van der Waals surface area contributed by atoms with Gasteiger partial charge >= 0.3 is 5.97 Å². The third-order valence-electron chi connectivity index (χ3n) is 3.93. The van der Waals surface area contributed by atoms with Crippen LogP contribution in [0.4, 0.5) is 0 Å². The molecule has 2 unspecified atom stereocenters. The van der Waals surface area contributed by atoms with E-state index in [1.54, 1.807) is 12.1 Å². The highest BCUT2D eigenvalue weighted by molar-refractivity contribution is 5.94. The van der Waals surface area contributed by atoms with Gasteiger partial charge in [0.05, 0.1) is 12.5 Å². The van der Waals surface area contributed by atoms with Gasteiger partial charge in [0.2, 0.25) is 0 Å².